The fraction of sp³-hybridized carbons (Fsp3) is 0.333. The van der Waals surface area contributed by atoms with E-state index in [-0.39, 0.29) is 24.6 Å². The van der Waals surface area contributed by atoms with Gasteiger partial charge in [-0.25, -0.2) is 0 Å². The summed E-state index contributed by atoms with van der Waals surface area (Å²) in [5.74, 6) is -0.0950. The second-order valence-corrected chi connectivity index (χ2v) is 2.28. The Morgan fingerprint density at radius 3 is 2.82 bits per heavy atom. The first-order chi connectivity index (χ1) is 5.11. The van der Waals surface area contributed by atoms with E-state index in [9.17, 15) is 10.1 Å². The predicted octanol–water partition coefficient (Wildman–Crippen LogP) is 0.367. The van der Waals surface area contributed by atoms with Crippen LogP contribution in [0.25, 0.3) is 0 Å². The number of hydrogen-bond acceptors (Lipinski definition) is 4. The van der Waals surface area contributed by atoms with Crippen molar-refractivity contribution in [3.8, 4) is 0 Å². The number of rotatable bonds is 1. The Balaban J connectivity index is 2.88. The lowest BCUT2D eigenvalue weighted by atomic mass is 10.1. The first-order valence-electron chi connectivity index (χ1n) is 3.03. The fourth-order valence-corrected chi connectivity index (χ4v) is 0.793. The maximum atomic E-state index is 10.3. The van der Waals surface area contributed by atoms with Crippen molar-refractivity contribution in [2.75, 3.05) is 6.61 Å². The van der Waals surface area contributed by atoms with Crippen LogP contribution in [0.1, 0.15) is 6.42 Å². The monoisotopic (exact) mass is 156 g/mol. The van der Waals surface area contributed by atoms with Gasteiger partial charge in [-0.15, -0.1) is 0 Å². The molecular weight excluding hydrogens is 148 g/mol. The molecule has 1 rings (SSSR count). The molecule has 0 radical (unpaired) electrons. The predicted molar refractivity (Wildman–Crippen MR) is 37.9 cm³/mol. The van der Waals surface area contributed by atoms with E-state index in [0.29, 0.717) is 5.57 Å². The molecule has 0 aromatic carbocycles. The van der Waals surface area contributed by atoms with E-state index in [1.165, 1.54) is 0 Å². The Hall–Kier alpha value is -1.52. The lowest BCUT2D eigenvalue weighted by molar-refractivity contribution is -0.431. The molecule has 0 aromatic rings. The highest BCUT2D eigenvalue weighted by Gasteiger charge is 2.23. The summed E-state index contributed by atoms with van der Waals surface area (Å²) < 4.78 is 4.78. The van der Waals surface area contributed by atoms with Crippen molar-refractivity contribution in [3.63, 3.8) is 0 Å². The third kappa shape index (κ3) is 1.49. The van der Waals surface area contributed by atoms with E-state index >= 15 is 0 Å². The quantitative estimate of drug-likeness (QED) is 0.338. The number of nitro groups is 1. The molecular formula is C6H8N2O3. The molecule has 5 heteroatoms. The van der Waals surface area contributed by atoms with Crippen molar-refractivity contribution in [1.29, 1.82) is 0 Å². The lowest BCUT2D eigenvalue weighted by Gasteiger charge is -2.13. The topological polar surface area (TPSA) is 78.4 Å². The van der Waals surface area contributed by atoms with Crippen molar-refractivity contribution < 1.29 is 9.66 Å². The third-order valence-corrected chi connectivity index (χ3v) is 1.35. The van der Waals surface area contributed by atoms with Crippen LogP contribution in [0, 0.1) is 10.1 Å². The standard InChI is InChI=1S/C6H8N2O3/c1-4-2-5(8(9)10)6(7)11-3-4/h1-3,7H2. The molecule has 0 unspecified atom stereocenters. The van der Waals surface area contributed by atoms with Crippen molar-refractivity contribution in [1.82, 2.24) is 0 Å². The summed E-state index contributed by atoms with van der Waals surface area (Å²) in [6, 6.07) is 0. The van der Waals surface area contributed by atoms with Gasteiger partial charge in [0, 0.05) is 0 Å². The van der Waals surface area contributed by atoms with Crippen LogP contribution in [-0.2, 0) is 4.74 Å². The van der Waals surface area contributed by atoms with Crippen molar-refractivity contribution in [2.45, 2.75) is 6.42 Å². The van der Waals surface area contributed by atoms with Gasteiger partial charge >= 0.3 is 5.70 Å². The van der Waals surface area contributed by atoms with Crippen molar-refractivity contribution >= 4 is 0 Å². The van der Waals surface area contributed by atoms with Gasteiger partial charge in [-0.05, 0) is 5.57 Å². The zero-order valence-electron chi connectivity index (χ0n) is 5.87. The molecule has 11 heavy (non-hydrogen) atoms. The number of nitrogens with two attached hydrogens (primary N) is 1. The number of ether oxygens (including phenoxy) is 1. The van der Waals surface area contributed by atoms with Crippen LogP contribution in [-0.4, -0.2) is 11.5 Å². The highest BCUT2D eigenvalue weighted by Crippen LogP contribution is 2.18. The Morgan fingerprint density at radius 1 is 1.73 bits per heavy atom. The smallest absolute Gasteiger partial charge is 0.309 e. The van der Waals surface area contributed by atoms with Crippen LogP contribution in [0.5, 0.6) is 0 Å². The zero-order valence-corrected chi connectivity index (χ0v) is 5.87. The largest absolute Gasteiger partial charge is 0.470 e. The van der Waals surface area contributed by atoms with Crippen LogP contribution in [0.4, 0.5) is 0 Å². The molecule has 1 heterocycles. The van der Waals surface area contributed by atoms with Crippen LogP contribution in [0.15, 0.2) is 23.7 Å². The summed E-state index contributed by atoms with van der Waals surface area (Å²) in [4.78, 5) is 9.71. The van der Waals surface area contributed by atoms with Gasteiger partial charge in [0.05, 0.1) is 11.3 Å². The Bertz CT molecular complexity index is 244. The average molecular weight is 156 g/mol. The Labute approximate surface area is 63.3 Å². The molecule has 0 saturated carbocycles. The van der Waals surface area contributed by atoms with E-state index in [0.717, 1.165) is 0 Å². The minimum absolute atomic E-state index is 0.0950. The summed E-state index contributed by atoms with van der Waals surface area (Å²) in [5.41, 5.74) is 5.79. The molecule has 0 fully saturated rings. The number of nitrogens with zero attached hydrogens (tertiary/aromatic N) is 1. The van der Waals surface area contributed by atoms with E-state index in [1.54, 1.807) is 0 Å². The second kappa shape index (κ2) is 2.61. The molecule has 1 aliphatic rings. The molecule has 2 N–H and O–H groups in total. The molecule has 0 saturated heterocycles. The van der Waals surface area contributed by atoms with Gasteiger partial charge in [-0.3, -0.25) is 10.1 Å². The normalized spacial score (nSPS) is 18.0. The number of allylic oxidation sites excluding steroid dienone is 1. The molecule has 0 spiro atoms. The Kier molecular flexibility index (Phi) is 1.80. The van der Waals surface area contributed by atoms with Gasteiger partial charge in [-0.1, -0.05) is 6.58 Å². The van der Waals surface area contributed by atoms with E-state index in [1.807, 2.05) is 0 Å². The fourth-order valence-electron chi connectivity index (χ4n) is 0.793. The summed E-state index contributed by atoms with van der Waals surface area (Å²) in [6.45, 7) is 3.84. The minimum Gasteiger partial charge on any atom is -0.470 e. The zero-order chi connectivity index (χ0) is 8.43. The maximum absolute atomic E-state index is 10.3. The Morgan fingerprint density at radius 2 is 2.36 bits per heavy atom. The first-order valence-corrected chi connectivity index (χ1v) is 3.03. The van der Waals surface area contributed by atoms with E-state index < -0.39 is 4.92 Å². The molecule has 0 bridgehead atoms. The van der Waals surface area contributed by atoms with Gasteiger partial charge in [0.1, 0.15) is 6.61 Å². The van der Waals surface area contributed by atoms with Gasteiger partial charge in [0.25, 0.3) is 5.88 Å². The minimum atomic E-state index is -0.542. The van der Waals surface area contributed by atoms with Crippen LogP contribution < -0.4 is 5.73 Å². The third-order valence-electron chi connectivity index (χ3n) is 1.35. The maximum Gasteiger partial charge on any atom is 0.309 e. The SMILES string of the molecule is C=C1COC(N)=C([N+](=O)[O-])C1. The second-order valence-electron chi connectivity index (χ2n) is 2.28. The molecule has 1 aliphatic heterocycles. The molecule has 60 valence electrons. The summed E-state index contributed by atoms with van der Waals surface area (Å²) in [6.07, 6.45) is 0.207. The van der Waals surface area contributed by atoms with Gasteiger partial charge < -0.3 is 10.5 Å². The van der Waals surface area contributed by atoms with Crippen LogP contribution in [0.3, 0.4) is 0 Å². The molecule has 0 aliphatic carbocycles. The van der Waals surface area contributed by atoms with Crippen molar-refractivity contribution in [3.05, 3.63) is 33.8 Å². The summed E-state index contributed by atoms with van der Waals surface area (Å²) in [5, 5.41) is 10.3. The molecule has 0 amide bonds. The van der Waals surface area contributed by atoms with E-state index in [2.05, 4.69) is 6.58 Å². The molecule has 5 nitrogen and oxygen atoms in total. The highest BCUT2D eigenvalue weighted by atomic mass is 16.6. The summed E-state index contributed by atoms with van der Waals surface area (Å²) >= 11 is 0. The van der Waals surface area contributed by atoms with Gasteiger partial charge in [-0.2, -0.15) is 0 Å². The number of hydrogen-bond donors (Lipinski definition) is 1. The highest BCUT2D eigenvalue weighted by molar-refractivity contribution is 5.13. The van der Waals surface area contributed by atoms with Crippen LogP contribution >= 0.6 is 0 Å². The van der Waals surface area contributed by atoms with Crippen LogP contribution in [0.2, 0.25) is 0 Å². The van der Waals surface area contributed by atoms with E-state index in [4.69, 9.17) is 10.5 Å². The molecule has 0 atom stereocenters. The summed E-state index contributed by atoms with van der Waals surface area (Å²) in [7, 11) is 0. The van der Waals surface area contributed by atoms with Gasteiger partial charge in [0.15, 0.2) is 0 Å². The van der Waals surface area contributed by atoms with Crippen molar-refractivity contribution in [2.24, 2.45) is 5.73 Å². The first kappa shape index (κ1) is 7.59. The van der Waals surface area contributed by atoms with Gasteiger partial charge in [0.2, 0.25) is 0 Å². The lowest BCUT2D eigenvalue weighted by Crippen LogP contribution is -2.19. The average Bonchev–Trinajstić information content (AvgIpc) is 1.94. The molecule has 0 aromatic heterocycles.